The van der Waals surface area contributed by atoms with Gasteiger partial charge in [0.15, 0.2) is 0 Å². The second-order valence-corrected chi connectivity index (χ2v) is 6.36. The molecule has 23 heavy (non-hydrogen) atoms. The van der Waals surface area contributed by atoms with E-state index >= 15 is 0 Å². The Morgan fingerprint density at radius 3 is 2.35 bits per heavy atom. The fourth-order valence-corrected chi connectivity index (χ4v) is 3.79. The summed E-state index contributed by atoms with van der Waals surface area (Å²) in [7, 11) is 0. The Labute approximate surface area is 139 Å². The Kier molecular flexibility index (Phi) is 4.91. The molecule has 0 radical (unpaired) electrons. The number of hydrogen-bond donors (Lipinski definition) is 0. The third-order valence-electron chi connectivity index (χ3n) is 3.80. The molecule has 0 saturated carbocycles. The summed E-state index contributed by atoms with van der Waals surface area (Å²) in [5, 5.41) is 0. The fourth-order valence-electron chi connectivity index (χ4n) is 2.65. The van der Waals surface area contributed by atoms with E-state index < -0.39 is 12.1 Å². The number of nitrogens with zero attached hydrogens (tertiary/aromatic N) is 2. The lowest BCUT2D eigenvalue weighted by atomic mass is 9.96. The normalized spacial score (nSPS) is 20.2. The van der Waals surface area contributed by atoms with E-state index in [4.69, 9.17) is 10.3 Å². The smallest absolute Gasteiger partial charge is 0.418 e. The van der Waals surface area contributed by atoms with Gasteiger partial charge in [0.1, 0.15) is 12.0 Å². The van der Waals surface area contributed by atoms with Crippen LogP contribution in [-0.2, 0) is 15.3 Å². The maximum absolute atomic E-state index is 11.9. The molecule has 0 aromatic heterocycles. The Hall–Kier alpha value is -2.36. The number of carbonyl (C=O) groups excluding carboxylic acids is 1. The van der Waals surface area contributed by atoms with Gasteiger partial charge >= 0.3 is 11.7 Å². The second kappa shape index (κ2) is 7.27. The zero-order valence-corrected chi connectivity index (χ0v) is 13.3. The average Bonchev–Trinajstić information content (AvgIpc) is 2.92. The van der Waals surface area contributed by atoms with Crippen molar-refractivity contribution in [3.8, 4) is 0 Å². The molecule has 1 saturated heterocycles. The highest BCUT2D eigenvalue weighted by molar-refractivity contribution is 7.98. The lowest BCUT2D eigenvalue weighted by Gasteiger charge is -2.15. The molecule has 3 rings (SSSR count). The van der Waals surface area contributed by atoms with Crippen molar-refractivity contribution in [2.24, 2.45) is 5.92 Å². The van der Waals surface area contributed by atoms with Crippen LogP contribution in [0.1, 0.15) is 17.2 Å². The minimum atomic E-state index is -0.535. The molecule has 116 valence electrons. The number of rotatable bonds is 5. The lowest BCUT2D eigenvalue weighted by Crippen LogP contribution is -2.20. The number of ether oxygens (including phenoxy) is 1. The van der Waals surface area contributed by atoms with Crippen molar-refractivity contribution in [3.05, 3.63) is 77.3 Å². The summed E-state index contributed by atoms with van der Waals surface area (Å²) in [6.07, 6.45) is -0.391. The van der Waals surface area contributed by atoms with E-state index in [1.165, 1.54) is 5.56 Å². The third kappa shape index (κ3) is 3.52. The van der Waals surface area contributed by atoms with E-state index in [1.807, 2.05) is 48.5 Å². The maximum atomic E-state index is 11.9. The largest absolute Gasteiger partial charge is 0.448 e. The summed E-state index contributed by atoms with van der Waals surface area (Å²) < 4.78 is 5.42. The molecule has 1 heterocycles. The van der Waals surface area contributed by atoms with Crippen LogP contribution in [0.2, 0.25) is 0 Å². The van der Waals surface area contributed by atoms with Crippen LogP contribution in [-0.4, -0.2) is 22.2 Å². The summed E-state index contributed by atoms with van der Waals surface area (Å²) >= 11 is 1.70. The molecule has 2 atom stereocenters. The summed E-state index contributed by atoms with van der Waals surface area (Å²) in [6.45, 7) is 0. The van der Waals surface area contributed by atoms with Gasteiger partial charge in [-0.05, 0) is 11.1 Å². The molecular weight excluding hydrogens is 308 g/mol. The molecule has 2 aromatic carbocycles. The minimum Gasteiger partial charge on any atom is -0.448 e. The third-order valence-corrected chi connectivity index (χ3v) is 4.94. The summed E-state index contributed by atoms with van der Waals surface area (Å²) in [5.41, 5.74) is 11.4. The molecule has 0 unspecified atom stereocenters. The lowest BCUT2D eigenvalue weighted by molar-refractivity contribution is -0.140. The number of hydrogen-bond acceptors (Lipinski definition) is 3. The van der Waals surface area contributed by atoms with Crippen molar-refractivity contribution in [2.75, 3.05) is 5.75 Å². The standard InChI is InChI=1S/C18H16N2O2S/c19-20-16-15(12-23-11-13-7-3-1-4-8-13)17(22-18(16)21)14-9-5-2-6-10-14/h1-10,15,17H,11-12H2/t15-,17+/m0/s1. The molecule has 1 fully saturated rings. The van der Waals surface area contributed by atoms with Crippen LogP contribution >= 0.6 is 11.8 Å². The van der Waals surface area contributed by atoms with Crippen molar-refractivity contribution in [1.82, 2.24) is 0 Å². The van der Waals surface area contributed by atoms with E-state index in [0.717, 1.165) is 11.3 Å². The number of cyclic esters (lactones) is 1. The number of carbonyl (C=O) groups is 1. The van der Waals surface area contributed by atoms with E-state index in [1.54, 1.807) is 11.8 Å². The first-order valence-corrected chi connectivity index (χ1v) is 8.54. The van der Waals surface area contributed by atoms with Gasteiger partial charge in [-0.1, -0.05) is 60.7 Å². The Morgan fingerprint density at radius 2 is 1.70 bits per heavy atom. The van der Waals surface area contributed by atoms with Gasteiger partial charge in [0.05, 0.1) is 0 Å². The zero-order chi connectivity index (χ0) is 16.1. The van der Waals surface area contributed by atoms with Gasteiger partial charge in [0, 0.05) is 11.5 Å². The second-order valence-electron chi connectivity index (χ2n) is 5.33. The van der Waals surface area contributed by atoms with Crippen LogP contribution in [0.25, 0.3) is 5.53 Å². The van der Waals surface area contributed by atoms with E-state index in [9.17, 15) is 4.79 Å². The van der Waals surface area contributed by atoms with Gasteiger partial charge in [-0.25, -0.2) is 4.79 Å². The predicted octanol–water partition coefficient (Wildman–Crippen LogP) is 3.50. The molecule has 0 aliphatic carbocycles. The molecular formula is C18H16N2O2S. The van der Waals surface area contributed by atoms with E-state index in [2.05, 4.69) is 16.9 Å². The number of thioether (sulfide) groups is 1. The number of esters is 1. The topological polar surface area (TPSA) is 62.7 Å². The van der Waals surface area contributed by atoms with Crippen molar-refractivity contribution in [1.29, 1.82) is 0 Å². The van der Waals surface area contributed by atoms with Gasteiger partial charge < -0.3 is 10.3 Å². The average molecular weight is 324 g/mol. The molecule has 4 nitrogen and oxygen atoms in total. The SMILES string of the molecule is [N-]=[N+]=C1C(=O)O[C@H](c2ccccc2)[C@H]1CSCc1ccccc1. The van der Waals surface area contributed by atoms with Gasteiger partial charge in [0.25, 0.3) is 0 Å². The van der Waals surface area contributed by atoms with Crippen molar-refractivity contribution in [2.45, 2.75) is 11.9 Å². The van der Waals surface area contributed by atoms with E-state index in [0.29, 0.717) is 5.75 Å². The van der Waals surface area contributed by atoms with Gasteiger partial charge in [-0.2, -0.15) is 16.6 Å². The highest BCUT2D eigenvalue weighted by Crippen LogP contribution is 2.35. The Balaban J connectivity index is 1.73. The zero-order valence-electron chi connectivity index (χ0n) is 12.5. The molecule has 0 N–H and O–H groups in total. The predicted molar refractivity (Wildman–Crippen MR) is 90.0 cm³/mol. The fraction of sp³-hybridized carbons (Fsp3) is 0.222. The van der Waals surface area contributed by atoms with Gasteiger partial charge in [-0.3, -0.25) is 0 Å². The molecule has 2 aromatic rings. The quantitative estimate of drug-likeness (QED) is 0.480. The van der Waals surface area contributed by atoms with Crippen LogP contribution < -0.4 is 0 Å². The molecule has 1 aliphatic heterocycles. The van der Waals surface area contributed by atoms with Gasteiger partial charge in [-0.15, -0.1) is 0 Å². The van der Waals surface area contributed by atoms with Crippen LogP contribution in [0.15, 0.2) is 60.7 Å². The molecule has 0 amide bonds. The van der Waals surface area contributed by atoms with Crippen molar-refractivity contribution >= 4 is 23.4 Å². The molecule has 1 aliphatic rings. The Morgan fingerprint density at radius 1 is 1.04 bits per heavy atom. The monoisotopic (exact) mass is 324 g/mol. The summed E-state index contributed by atoms with van der Waals surface area (Å²) in [6, 6.07) is 19.7. The van der Waals surface area contributed by atoms with Crippen LogP contribution in [0, 0.1) is 5.92 Å². The molecule has 0 bridgehead atoms. The van der Waals surface area contributed by atoms with Crippen LogP contribution in [0.4, 0.5) is 0 Å². The Bertz CT molecular complexity index is 727. The van der Waals surface area contributed by atoms with Crippen LogP contribution in [0.3, 0.4) is 0 Å². The molecule has 5 heteroatoms. The first kappa shape index (κ1) is 15.5. The van der Waals surface area contributed by atoms with Crippen LogP contribution in [0.5, 0.6) is 0 Å². The number of benzene rings is 2. The minimum absolute atomic E-state index is 0.111. The highest BCUT2D eigenvalue weighted by Gasteiger charge is 2.48. The summed E-state index contributed by atoms with van der Waals surface area (Å²) in [4.78, 5) is 15.1. The summed E-state index contributed by atoms with van der Waals surface area (Å²) in [5.74, 6) is 0.709. The molecule has 0 spiro atoms. The van der Waals surface area contributed by atoms with Crippen molar-refractivity contribution < 1.29 is 14.3 Å². The first-order chi connectivity index (χ1) is 11.3. The van der Waals surface area contributed by atoms with Crippen molar-refractivity contribution in [3.63, 3.8) is 0 Å². The van der Waals surface area contributed by atoms with Gasteiger partial charge in [0.2, 0.25) is 0 Å². The maximum Gasteiger partial charge on any atom is 0.418 e. The van der Waals surface area contributed by atoms with E-state index in [-0.39, 0.29) is 11.6 Å². The first-order valence-electron chi connectivity index (χ1n) is 7.39. The highest BCUT2D eigenvalue weighted by atomic mass is 32.2.